The quantitative estimate of drug-likeness (QED) is 0.439. The zero-order valence-electron chi connectivity index (χ0n) is 12.9. The van der Waals surface area contributed by atoms with E-state index >= 15 is 0 Å². The Labute approximate surface area is 148 Å². The minimum absolute atomic E-state index is 0. The van der Waals surface area contributed by atoms with Crippen molar-refractivity contribution in [3.05, 3.63) is 35.4 Å². The molecule has 6 heteroatoms. The second kappa shape index (κ2) is 9.90. The third-order valence-electron chi connectivity index (χ3n) is 2.97. The van der Waals surface area contributed by atoms with Gasteiger partial charge in [-0.05, 0) is 37.8 Å². The molecule has 1 aromatic carbocycles. The van der Waals surface area contributed by atoms with Crippen LogP contribution in [0.4, 0.5) is 0 Å². The first kappa shape index (κ1) is 20.1. The summed E-state index contributed by atoms with van der Waals surface area (Å²) in [5.41, 5.74) is 1.74. The molecule has 1 rings (SSSR count). The van der Waals surface area contributed by atoms with Crippen molar-refractivity contribution in [2.24, 2.45) is 4.99 Å². The summed E-state index contributed by atoms with van der Waals surface area (Å²) in [7, 11) is 1.76. The van der Waals surface area contributed by atoms with E-state index < -0.39 is 0 Å². The van der Waals surface area contributed by atoms with Crippen molar-refractivity contribution >= 4 is 41.7 Å². The lowest BCUT2D eigenvalue weighted by Crippen LogP contribution is -2.42. The number of nitriles is 1. The second-order valence-corrected chi connectivity index (χ2v) is 6.57. The summed E-state index contributed by atoms with van der Waals surface area (Å²) in [5.74, 6) is 0.773. The number of hydrogen-bond acceptors (Lipinski definition) is 3. The average molecular weight is 418 g/mol. The Kier molecular flexibility index (Phi) is 9.46. The number of nitrogens with zero attached hydrogens (tertiary/aromatic N) is 2. The van der Waals surface area contributed by atoms with E-state index in [1.165, 1.54) is 0 Å². The molecule has 2 N–H and O–H groups in total. The van der Waals surface area contributed by atoms with Crippen molar-refractivity contribution in [2.75, 3.05) is 19.8 Å². The van der Waals surface area contributed by atoms with Crippen molar-refractivity contribution in [2.45, 2.75) is 25.1 Å². The zero-order chi connectivity index (χ0) is 15.0. The van der Waals surface area contributed by atoms with Gasteiger partial charge in [0, 0.05) is 24.9 Å². The molecule has 0 heterocycles. The summed E-state index contributed by atoms with van der Waals surface area (Å²) in [4.78, 5) is 4.20. The molecule has 0 spiro atoms. The first-order valence-electron chi connectivity index (χ1n) is 6.49. The highest BCUT2D eigenvalue weighted by molar-refractivity contribution is 14.0. The highest BCUT2D eigenvalue weighted by Crippen LogP contribution is 2.19. The Morgan fingerprint density at radius 1 is 1.38 bits per heavy atom. The van der Waals surface area contributed by atoms with Gasteiger partial charge in [0.1, 0.15) is 0 Å². The van der Waals surface area contributed by atoms with Crippen LogP contribution in [0.25, 0.3) is 0 Å². The van der Waals surface area contributed by atoms with E-state index in [1.54, 1.807) is 13.1 Å². The van der Waals surface area contributed by atoms with E-state index in [9.17, 15) is 0 Å². The summed E-state index contributed by atoms with van der Waals surface area (Å²) in [6.45, 7) is 5.86. The molecular formula is C15H23IN4S. The maximum atomic E-state index is 8.88. The Hall–Kier alpha value is -0.940. The molecule has 0 aliphatic heterocycles. The van der Waals surface area contributed by atoms with Crippen LogP contribution < -0.4 is 10.6 Å². The monoisotopic (exact) mass is 418 g/mol. The number of guanidine groups is 1. The van der Waals surface area contributed by atoms with E-state index in [0.29, 0.717) is 12.1 Å². The maximum Gasteiger partial charge on any atom is 0.191 e. The fraction of sp³-hybridized carbons (Fsp3) is 0.467. The largest absolute Gasteiger partial charge is 0.355 e. The molecule has 0 aromatic heterocycles. The number of thioether (sulfide) groups is 1. The van der Waals surface area contributed by atoms with Gasteiger partial charge in [0.05, 0.1) is 11.6 Å². The van der Waals surface area contributed by atoms with Crippen LogP contribution >= 0.6 is 35.7 Å². The predicted molar refractivity (Wildman–Crippen MR) is 102 cm³/mol. The van der Waals surface area contributed by atoms with Gasteiger partial charge in [-0.2, -0.15) is 17.0 Å². The lowest BCUT2D eigenvalue weighted by atomic mass is 10.1. The molecular weight excluding hydrogens is 395 g/mol. The Morgan fingerprint density at radius 3 is 2.67 bits per heavy atom. The smallest absolute Gasteiger partial charge is 0.191 e. The fourth-order valence-electron chi connectivity index (χ4n) is 1.53. The van der Waals surface area contributed by atoms with Crippen LogP contribution in [-0.2, 0) is 6.54 Å². The molecule has 0 fully saturated rings. The van der Waals surface area contributed by atoms with Gasteiger partial charge in [-0.15, -0.1) is 24.0 Å². The second-order valence-electron chi connectivity index (χ2n) is 5.06. The molecule has 0 unspecified atom stereocenters. The summed E-state index contributed by atoms with van der Waals surface area (Å²) >= 11 is 1.82. The van der Waals surface area contributed by atoms with Crippen LogP contribution in [0.2, 0.25) is 0 Å². The first-order chi connectivity index (χ1) is 9.50. The summed E-state index contributed by atoms with van der Waals surface area (Å²) in [5, 5.41) is 15.4. The van der Waals surface area contributed by atoms with Gasteiger partial charge in [-0.1, -0.05) is 12.1 Å². The van der Waals surface area contributed by atoms with Crippen LogP contribution in [0.3, 0.4) is 0 Å². The average Bonchev–Trinajstić information content (AvgIpc) is 2.47. The van der Waals surface area contributed by atoms with Gasteiger partial charge in [-0.25, -0.2) is 0 Å². The minimum Gasteiger partial charge on any atom is -0.355 e. The molecule has 0 radical (unpaired) electrons. The highest BCUT2D eigenvalue weighted by Gasteiger charge is 2.15. The standard InChI is InChI=1S/C15H22N4S.HI/c1-15(2,20-4)11-19-14(17-3)18-10-13-7-5-6-12(8-13)9-16;/h5-8H,10-11H2,1-4H3,(H2,17,18,19);1H. The van der Waals surface area contributed by atoms with Crippen LogP contribution in [-0.4, -0.2) is 30.6 Å². The van der Waals surface area contributed by atoms with Crippen LogP contribution in [0.15, 0.2) is 29.3 Å². The molecule has 21 heavy (non-hydrogen) atoms. The Morgan fingerprint density at radius 2 is 2.10 bits per heavy atom. The molecule has 0 saturated heterocycles. The number of aliphatic imine (C=N–C) groups is 1. The van der Waals surface area contributed by atoms with E-state index in [2.05, 4.69) is 41.8 Å². The van der Waals surface area contributed by atoms with E-state index in [-0.39, 0.29) is 28.7 Å². The first-order valence-corrected chi connectivity index (χ1v) is 7.72. The van der Waals surface area contributed by atoms with Gasteiger partial charge < -0.3 is 10.6 Å². The number of rotatable bonds is 5. The number of nitrogens with one attached hydrogen (secondary N) is 2. The van der Waals surface area contributed by atoms with Crippen molar-refractivity contribution in [1.82, 2.24) is 10.6 Å². The Balaban J connectivity index is 0.00000400. The van der Waals surface area contributed by atoms with Crippen molar-refractivity contribution in [1.29, 1.82) is 5.26 Å². The van der Waals surface area contributed by atoms with Crippen LogP contribution in [0, 0.1) is 11.3 Å². The Bertz CT molecular complexity index is 509. The van der Waals surface area contributed by atoms with Gasteiger partial charge in [0.25, 0.3) is 0 Å². The predicted octanol–water partition coefficient (Wildman–Crippen LogP) is 2.98. The molecule has 0 saturated carbocycles. The van der Waals surface area contributed by atoms with Gasteiger partial charge in [0.15, 0.2) is 5.96 Å². The molecule has 0 aliphatic rings. The fourth-order valence-corrected chi connectivity index (χ4v) is 1.74. The van der Waals surface area contributed by atoms with Gasteiger partial charge in [-0.3, -0.25) is 4.99 Å². The lowest BCUT2D eigenvalue weighted by Gasteiger charge is -2.23. The topological polar surface area (TPSA) is 60.2 Å². The molecule has 0 bridgehead atoms. The molecule has 116 valence electrons. The van der Waals surface area contributed by atoms with Crippen molar-refractivity contribution in [3.8, 4) is 6.07 Å². The van der Waals surface area contributed by atoms with Crippen LogP contribution in [0.5, 0.6) is 0 Å². The van der Waals surface area contributed by atoms with E-state index in [1.807, 2.05) is 30.0 Å². The van der Waals surface area contributed by atoms with Crippen molar-refractivity contribution in [3.63, 3.8) is 0 Å². The molecule has 0 aliphatic carbocycles. The summed E-state index contributed by atoms with van der Waals surface area (Å²) in [6.07, 6.45) is 2.10. The zero-order valence-corrected chi connectivity index (χ0v) is 16.1. The SMILES string of the molecule is CN=C(NCc1cccc(C#N)c1)NCC(C)(C)SC.I. The molecule has 0 amide bonds. The summed E-state index contributed by atoms with van der Waals surface area (Å²) < 4.78 is 0.165. The summed E-state index contributed by atoms with van der Waals surface area (Å²) in [6, 6.07) is 9.71. The minimum atomic E-state index is 0. The van der Waals surface area contributed by atoms with Crippen LogP contribution in [0.1, 0.15) is 25.0 Å². The van der Waals surface area contributed by atoms with E-state index in [0.717, 1.165) is 18.1 Å². The lowest BCUT2D eigenvalue weighted by molar-refractivity contribution is 0.664. The number of hydrogen-bond donors (Lipinski definition) is 2. The van der Waals surface area contributed by atoms with E-state index in [4.69, 9.17) is 5.26 Å². The maximum absolute atomic E-state index is 8.88. The number of benzene rings is 1. The molecule has 1 aromatic rings. The van der Waals surface area contributed by atoms with Gasteiger partial charge in [0.2, 0.25) is 0 Å². The normalized spacial score (nSPS) is 11.3. The third kappa shape index (κ3) is 7.58. The van der Waals surface area contributed by atoms with Gasteiger partial charge >= 0.3 is 0 Å². The molecule has 0 atom stereocenters. The van der Waals surface area contributed by atoms with Crippen molar-refractivity contribution < 1.29 is 0 Å². The third-order valence-corrected chi connectivity index (χ3v) is 4.22. The highest BCUT2D eigenvalue weighted by atomic mass is 127. The number of halogens is 1. The molecule has 4 nitrogen and oxygen atoms in total.